The van der Waals surface area contributed by atoms with Crippen molar-refractivity contribution in [1.82, 2.24) is 10.6 Å². The zero-order valence-electron chi connectivity index (χ0n) is 10.2. The van der Waals surface area contributed by atoms with Gasteiger partial charge in [-0.05, 0) is 19.0 Å². The minimum Gasteiger partial charge on any atom is -0.481 e. The van der Waals surface area contributed by atoms with E-state index in [1.807, 2.05) is 6.92 Å². The van der Waals surface area contributed by atoms with Crippen molar-refractivity contribution in [2.45, 2.75) is 19.4 Å². The smallest absolute Gasteiger partial charge is 0.306 e. The van der Waals surface area contributed by atoms with Gasteiger partial charge in [0.2, 0.25) is 5.91 Å². The van der Waals surface area contributed by atoms with Gasteiger partial charge in [-0.3, -0.25) is 9.59 Å². The predicted octanol–water partition coefficient (Wildman–Crippen LogP) is -0.552. The summed E-state index contributed by atoms with van der Waals surface area (Å²) in [6, 6.07) is 0. The maximum atomic E-state index is 11.7. The molecule has 17 heavy (non-hydrogen) atoms. The predicted molar refractivity (Wildman–Crippen MR) is 61.6 cm³/mol. The van der Waals surface area contributed by atoms with Crippen molar-refractivity contribution < 1.29 is 19.4 Å². The first-order valence-electron chi connectivity index (χ1n) is 5.77. The van der Waals surface area contributed by atoms with E-state index in [0.29, 0.717) is 5.92 Å². The first-order chi connectivity index (χ1) is 8.04. The number of carbonyl (C=O) groups excluding carboxylic acids is 1. The summed E-state index contributed by atoms with van der Waals surface area (Å²) in [4.78, 5) is 22.3. The Labute approximate surface area is 101 Å². The van der Waals surface area contributed by atoms with Gasteiger partial charge in [-0.1, -0.05) is 6.92 Å². The fourth-order valence-corrected chi connectivity index (χ4v) is 1.69. The second-order valence-electron chi connectivity index (χ2n) is 4.41. The van der Waals surface area contributed by atoms with Crippen LogP contribution in [0.2, 0.25) is 0 Å². The fraction of sp³-hybridized carbons (Fsp3) is 0.818. The number of hydrogen-bond donors (Lipinski definition) is 3. The highest BCUT2D eigenvalue weighted by atomic mass is 16.5. The van der Waals surface area contributed by atoms with Crippen molar-refractivity contribution in [3.8, 4) is 0 Å². The van der Waals surface area contributed by atoms with Crippen LogP contribution in [-0.4, -0.2) is 49.8 Å². The van der Waals surface area contributed by atoms with E-state index < -0.39 is 12.1 Å². The van der Waals surface area contributed by atoms with Gasteiger partial charge < -0.3 is 20.5 Å². The molecule has 2 unspecified atom stereocenters. The first kappa shape index (κ1) is 13.9. The molecule has 1 fully saturated rings. The summed E-state index contributed by atoms with van der Waals surface area (Å²) in [6.07, 6.45) is -0.570. The van der Waals surface area contributed by atoms with Crippen molar-refractivity contribution in [3.63, 3.8) is 0 Å². The molecule has 0 saturated carbocycles. The molecule has 98 valence electrons. The number of rotatable bonds is 7. The molecule has 1 aliphatic heterocycles. The third-order valence-corrected chi connectivity index (χ3v) is 3.17. The molecule has 0 aliphatic carbocycles. The Hall–Kier alpha value is -1.14. The highest BCUT2D eigenvalue weighted by Crippen LogP contribution is 2.15. The van der Waals surface area contributed by atoms with Gasteiger partial charge in [-0.25, -0.2) is 0 Å². The monoisotopic (exact) mass is 244 g/mol. The molecule has 0 radical (unpaired) electrons. The van der Waals surface area contributed by atoms with Gasteiger partial charge in [0.25, 0.3) is 0 Å². The van der Waals surface area contributed by atoms with E-state index in [9.17, 15) is 9.59 Å². The molecule has 0 aromatic carbocycles. The standard InChI is InChI=1S/C11H20N2O4/c1-7(8-4-12-5-8)11(16)13-6-9(17-2)3-10(14)15/h7-9,12H,3-6H2,1-2H3,(H,13,16)(H,14,15). The van der Waals surface area contributed by atoms with Crippen molar-refractivity contribution in [2.75, 3.05) is 26.7 Å². The zero-order valence-corrected chi connectivity index (χ0v) is 10.2. The SMILES string of the molecule is COC(CNC(=O)C(C)C1CNC1)CC(=O)O. The number of nitrogens with one attached hydrogen (secondary N) is 2. The lowest BCUT2D eigenvalue weighted by molar-refractivity contribution is -0.140. The summed E-state index contributed by atoms with van der Waals surface area (Å²) < 4.78 is 4.98. The molecule has 0 aromatic heterocycles. The summed E-state index contributed by atoms with van der Waals surface area (Å²) >= 11 is 0. The Morgan fingerprint density at radius 1 is 1.53 bits per heavy atom. The first-order valence-corrected chi connectivity index (χ1v) is 5.77. The summed E-state index contributed by atoms with van der Waals surface area (Å²) in [5.41, 5.74) is 0. The molecule has 0 aromatic rings. The molecule has 3 N–H and O–H groups in total. The van der Waals surface area contributed by atoms with Crippen LogP contribution in [0, 0.1) is 11.8 Å². The minimum absolute atomic E-state index is 0.0380. The van der Waals surface area contributed by atoms with Crippen LogP contribution in [0.3, 0.4) is 0 Å². The number of ether oxygens (including phenoxy) is 1. The lowest BCUT2D eigenvalue weighted by atomic mass is 9.88. The van der Waals surface area contributed by atoms with Crippen molar-refractivity contribution in [2.24, 2.45) is 11.8 Å². The quantitative estimate of drug-likeness (QED) is 0.559. The number of carbonyl (C=O) groups is 2. The number of methoxy groups -OCH3 is 1. The normalized spacial score (nSPS) is 19.2. The van der Waals surface area contributed by atoms with Crippen LogP contribution >= 0.6 is 0 Å². The lowest BCUT2D eigenvalue weighted by Gasteiger charge is -2.32. The van der Waals surface area contributed by atoms with E-state index in [1.54, 1.807) is 0 Å². The van der Waals surface area contributed by atoms with Crippen LogP contribution < -0.4 is 10.6 Å². The van der Waals surface area contributed by atoms with E-state index in [0.717, 1.165) is 13.1 Å². The number of carboxylic acid groups (broad SMARTS) is 1. The van der Waals surface area contributed by atoms with Gasteiger partial charge in [0.05, 0.1) is 12.5 Å². The maximum Gasteiger partial charge on any atom is 0.306 e. The molecule has 0 bridgehead atoms. The third kappa shape index (κ3) is 4.32. The Kier molecular flexibility index (Phi) is 5.37. The summed E-state index contributed by atoms with van der Waals surface area (Å²) in [6.45, 7) is 3.88. The van der Waals surface area contributed by atoms with E-state index in [-0.39, 0.29) is 24.8 Å². The number of amides is 1. The van der Waals surface area contributed by atoms with Gasteiger partial charge in [0, 0.05) is 19.6 Å². The number of aliphatic carboxylic acids is 1. The largest absolute Gasteiger partial charge is 0.481 e. The van der Waals surface area contributed by atoms with Gasteiger partial charge in [0.15, 0.2) is 0 Å². The lowest BCUT2D eigenvalue weighted by Crippen LogP contribution is -2.50. The molecule has 0 spiro atoms. The Morgan fingerprint density at radius 3 is 2.59 bits per heavy atom. The van der Waals surface area contributed by atoms with Gasteiger partial charge >= 0.3 is 5.97 Å². The number of hydrogen-bond acceptors (Lipinski definition) is 4. The van der Waals surface area contributed by atoms with E-state index in [1.165, 1.54) is 7.11 Å². The molecule has 1 aliphatic rings. The Morgan fingerprint density at radius 2 is 2.18 bits per heavy atom. The Balaban J connectivity index is 2.27. The average molecular weight is 244 g/mol. The maximum absolute atomic E-state index is 11.7. The summed E-state index contributed by atoms with van der Waals surface area (Å²) in [5, 5.41) is 14.5. The second-order valence-corrected chi connectivity index (χ2v) is 4.41. The van der Waals surface area contributed by atoms with Crippen LogP contribution in [0.15, 0.2) is 0 Å². The molecular formula is C11H20N2O4. The molecule has 2 atom stereocenters. The van der Waals surface area contributed by atoms with E-state index in [4.69, 9.17) is 9.84 Å². The molecule has 1 amide bonds. The molecule has 6 heteroatoms. The van der Waals surface area contributed by atoms with Crippen molar-refractivity contribution >= 4 is 11.9 Å². The third-order valence-electron chi connectivity index (χ3n) is 3.17. The van der Waals surface area contributed by atoms with Crippen LogP contribution in [0.4, 0.5) is 0 Å². The zero-order chi connectivity index (χ0) is 12.8. The van der Waals surface area contributed by atoms with E-state index >= 15 is 0 Å². The van der Waals surface area contributed by atoms with Crippen LogP contribution in [0.5, 0.6) is 0 Å². The van der Waals surface area contributed by atoms with Gasteiger partial charge in [-0.15, -0.1) is 0 Å². The molecule has 1 rings (SSSR count). The summed E-state index contributed by atoms with van der Waals surface area (Å²) in [5.74, 6) is -0.625. The van der Waals surface area contributed by atoms with Gasteiger partial charge in [0.1, 0.15) is 0 Å². The van der Waals surface area contributed by atoms with E-state index in [2.05, 4.69) is 10.6 Å². The van der Waals surface area contributed by atoms with Crippen LogP contribution in [0.1, 0.15) is 13.3 Å². The summed E-state index contributed by atoms with van der Waals surface area (Å²) in [7, 11) is 1.44. The topological polar surface area (TPSA) is 87.7 Å². The van der Waals surface area contributed by atoms with Crippen LogP contribution in [-0.2, 0) is 14.3 Å². The molecular weight excluding hydrogens is 224 g/mol. The number of carboxylic acids is 1. The highest BCUT2D eigenvalue weighted by Gasteiger charge is 2.28. The molecule has 6 nitrogen and oxygen atoms in total. The van der Waals surface area contributed by atoms with Crippen LogP contribution in [0.25, 0.3) is 0 Å². The molecule has 1 heterocycles. The minimum atomic E-state index is -0.928. The second kappa shape index (κ2) is 6.56. The van der Waals surface area contributed by atoms with Gasteiger partial charge in [-0.2, -0.15) is 0 Å². The average Bonchev–Trinajstić information content (AvgIpc) is 2.20. The molecule has 1 saturated heterocycles. The van der Waals surface area contributed by atoms with Crippen molar-refractivity contribution in [1.29, 1.82) is 0 Å². The van der Waals surface area contributed by atoms with Crippen molar-refractivity contribution in [3.05, 3.63) is 0 Å². The Bertz CT molecular complexity index is 279. The highest BCUT2D eigenvalue weighted by molar-refractivity contribution is 5.78. The fourth-order valence-electron chi connectivity index (χ4n) is 1.69.